The van der Waals surface area contributed by atoms with E-state index in [-0.39, 0.29) is 5.84 Å². The van der Waals surface area contributed by atoms with Crippen LogP contribution in [-0.2, 0) is 4.74 Å². The van der Waals surface area contributed by atoms with E-state index < -0.39 is 0 Å². The lowest BCUT2D eigenvalue weighted by atomic mass is 10.3. The topological polar surface area (TPSA) is 114 Å². The van der Waals surface area contributed by atoms with E-state index in [2.05, 4.69) is 20.3 Å². The van der Waals surface area contributed by atoms with Crippen LogP contribution < -0.4 is 10.6 Å². The smallest absolute Gasteiger partial charge is 0.203 e. The number of oxime groups is 1. The first-order valence-corrected chi connectivity index (χ1v) is 6.54. The van der Waals surface area contributed by atoms with Crippen molar-refractivity contribution in [2.24, 2.45) is 10.9 Å². The van der Waals surface area contributed by atoms with Crippen LogP contribution in [0, 0.1) is 6.92 Å². The molecule has 2 aromatic heterocycles. The standard InChI is InChI=1S/C12H19N7O2/c1-9-15-16-12-11(14-4-6-19(9)12)18(7-8-21-2)5-3-10(13)17-20/h4,6,20H,3,5,7-8H2,1-2H3,(H2,13,17). The molecular weight excluding hydrogens is 274 g/mol. The molecule has 0 fully saturated rings. The molecule has 0 aromatic carbocycles. The molecule has 0 atom stereocenters. The van der Waals surface area contributed by atoms with Crippen molar-refractivity contribution in [3.8, 4) is 0 Å². The molecular formula is C12H19N7O2. The lowest BCUT2D eigenvalue weighted by molar-refractivity contribution is 0.205. The van der Waals surface area contributed by atoms with Gasteiger partial charge in [0.2, 0.25) is 5.65 Å². The minimum atomic E-state index is 0.169. The van der Waals surface area contributed by atoms with Gasteiger partial charge in [-0.25, -0.2) is 4.98 Å². The quantitative estimate of drug-likeness (QED) is 0.320. The third-order valence-corrected chi connectivity index (χ3v) is 3.11. The van der Waals surface area contributed by atoms with Crippen LogP contribution in [-0.4, -0.2) is 57.4 Å². The number of fused-ring (bicyclic) bond motifs is 1. The average Bonchev–Trinajstić information content (AvgIpc) is 2.89. The summed E-state index contributed by atoms with van der Waals surface area (Å²) < 4.78 is 6.99. The summed E-state index contributed by atoms with van der Waals surface area (Å²) in [6, 6.07) is 0. The summed E-state index contributed by atoms with van der Waals surface area (Å²) in [4.78, 5) is 6.36. The van der Waals surface area contributed by atoms with Gasteiger partial charge in [-0.05, 0) is 6.92 Å². The fourth-order valence-electron chi connectivity index (χ4n) is 1.98. The van der Waals surface area contributed by atoms with Crippen LogP contribution in [0.5, 0.6) is 0 Å². The van der Waals surface area contributed by atoms with Gasteiger partial charge in [-0.3, -0.25) is 4.40 Å². The van der Waals surface area contributed by atoms with Crippen molar-refractivity contribution in [2.45, 2.75) is 13.3 Å². The van der Waals surface area contributed by atoms with Gasteiger partial charge in [0.25, 0.3) is 0 Å². The van der Waals surface area contributed by atoms with Gasteiger partial charge in [-0.1, -0.05) is 5.16 Å². The van der Waals surface area contributed by atoms with Crippen LogP contribution in [0.25, 0.3) is 5.65 Å². The highest BCUT2D eigenvalue weighted by atomic mass is 16.5. The molecule has 0 bridgehead atoms. The zero-order valence-electron chi connectivity index (χ0n) is 12.1. The lowest BCUT2D eigenvalue weighted by Crippen LogP contribution is -2.32. The molecule has 0 radical (unpaired) electrons. The Labute approximate surface area is 122 Å². The molecule has 0 aliphatic heterocycles. The van der Waals surface area contributed by atoms with Gasteiger partial charge >= 0.3 is 0 Å². The third kappa shape index (κ3) is 3.37. The molecule has 0 spiro atoms. The highest BCUT2D eigenvalue weighted by Gasteiger charge is 2.15. The van der Waals surface area contributed by atoms with Gasteiger partial charge < -0.3 is 20.6 Å². The molecule has 0 saturated heterocycles. The van der Waals surface area contributed by atoms with Gasteiger partial charge in [0.05, 0.1) is 6.61 Å². The largest absolute Gasteiger partial charge is 0.409 e. The Morgan fingerprint density at radius 3 is 3.00 bits per heavy atom. The SMILES string of the molecule is COCCN(CCC(N)=NO)c1nccn2c(C)nnc12. The maximum Gasteiger partial charge on any atom is 0.203 e. The Morgan fingerprint density at radius 2 is 2.29 bits per heavy atom. The van der Waals surface area contributed by atoms with Crippen LogP contribution >= 0.6 is 0 Å². The molecule has 3 N–H and O–H groups in total. The monoisotopic (exact) mass is 293 g/mol. The van der Waals surface area contributed by atoms with Crippen molar-refractivity contribution in [1.82, 2.24) is 19.6 Å². The zero-order chi connectivity index (χ0) is 15.2. The fraction of sp³-hybridized carbons (Fsp3) is 0.500. The summed E-state index contributed by atoms with van der Waals surface area (Å²) in [6.07, 6.45) is 3.92. The van der Waals surface area contributed by atoms with Crippen molar-refractivity contribution in [2.75, 3.05) is 31.7 Å². The van der Waals surface area contributed by atoms with E-state index in [0.717, 1.165) is 5.82 Å². The molecule has 0 aliphatic rings. The molecule has 0 unspecified atom stereocenters. The Kier molecular flexibility index (Phi) is 4.88. The van der Waals surface area contributed by atoms with E-state index in [1.54, 1.807) is 13.3 Å². The molecule has 2 aromatic rings. The molecule has 0 saturated carbocycles. The van der Waals surface area contributed by atoms with E-state index in [9.17, 15) is 0 Å². The summed E-state index contributed by atoms with van der Waals surface area (Å²) >= 11 is 0. The van der Waals surface area contributed by atoms with Gasteiger partial charge in [-0.2, -0.15) is 0 Å². The Bertz CT molecular complexity index is 625. The minimum Gasteiger partial charge on any atom is -0.409 e. The zero-order valence-corrected chi connectivity index (χ0v) is 12.1. The van der Waals surface area contributed by atoms with Gasteiger partial charge in [0.15, 0.2) is 5.82 Å². The normalized spacial score (nSPS) is 12.0. The predicted octanol–water partition coefficient (Wildman–Crippen LogP) is 0.0220. The molecule has 0 amide bonds. The number of anilines is 1. The number of amidine groups is 1. The number of rotatable bonds is 7. The van der Waals surface area contributed by atoms with Gasteiger partial charge in [0, 0.05) is 39.0 Å². The first kappa shape index (κ1) is 15.0. The molecule has 2 rings (SSSR count). The number of nitrogens with zero attached hydrogens (tertiary/aromatic N) is 6. The number of hydrogen-bond acceptors (Lipinski definition) is 7. The second kappa shape index (κ2) is 6.84. The Balaban J connectivity index is 2.29. The van der Waals surface area contributed by atoms with Crippen molar-refractivity contribution in [3.63, 3.8) is 0 Å². The lowest BCUT2D eigenvalue weighted by Gasteiger charge is -2.23. The van der Waals surface area contributed by atoms with Crippen LogP contribution in [0.2, 0.25) is 0 Å². The summed E-state index contributed by atoms with van der Waals surface area (Å²) in [7, 11) is 1.64. The second-order valence-electron chi connectivity index (χ2n) is 4.51. The van der Waals surface area contributed by atoms with Crippen molar-refractivity contribution in [1.29, 1.82) is 0 Å². The van der Waals surface area contributed by atoms with Crippen molar-refractivity contribution in [3.05, 3.63) is 18.2 Å². The number of ether oxygens (including phenoxy) is 1. The van der Waals surface area contributed by atoms with Crippen molar-refractivity contribution < 1.29 is 9.94 Å². The number of nitrogens with two attached hydrogens (primary N) is 1. The van der Waals surface area contributed by atoms with Crippen LogP contribution in [0.15, 0.2) is 17.5 Å². The highest BCUT2D eigenvalue weighted by molar-refractivity contribution is 5.80. The summed E-state index contributed by atoms with van der Waals surface area (Å²) in [5.74, 6) is 1.65. The van der Waals surface area contributed by atoms with E-state index in [4.69, 9.17) is 15.7 Å². The highest BCUT2D eigenvalue weighted by Crippen LogP contribution is 2.17. The predicted molar refractivity (Wildman–Crippen MR) is 77.6 cm³/mol. The molecule has 114 valence electrons. The second-order valence-corrected chi connectivity index (χ2v) is 4.51. The van der Waals surface area contributed by atoms with E-state index in [0.29, 0.717) is 37.6 Å². The molecule has 21 heavy (non-hydrogen) atoms. The van der Waals surface area contributed by atoms with E-state index in [1.807, 2.05) is 22.4 Å². The molecule has 0 aliphatic carbocycles. The number of methoxy groups -OCH3 is 1. The minimum absolute atomic E-state index is 0.169. The first-order valence-electron chi connectivity index (χ1n) is 6.54. The Hall–Kier alpha value is -2.42. The van der Waals surface area contributed by atoms with Crippen molar-refractivity contribution >= 4 is 17.3 Å². The fourth-order valence-corrected chi connectivity index (χ4v) is 1.98. The van der Waals surface area contributed by atoms with E-state index in [1.165, 1.54) is 0 Å². The van der Waals surface area contributed by atoms with E-state index >= 15 is 0 Å². The average molecular weight is 293 g/mol. The van der Waals surface area contributed by atoms with Crippen LogP contribution in [0.3, 0.4) is 0 Å². The Morgan fingerprint density at radius 1 is 1.48 bits per heavy atom. The number of aromatic nitrogens is 4. The molecule has 9 nitrogen and oxygen atoms in total. The first-order chi connectivity index (χ1) is 10.2. The maximum absolute atomic E-state index is 8.65. The maximum atomic E-state index is 8.65. The summed E-state index contributed by atoms with van der Waals surface area (Å²) in [5.41, 5.74) is 6.21. The third-order valence-electron chi connectivity index (χ3n) is 3.11. The molecule has 9 heteroatoms. The van der Waals surface area contributed by atoms with Gasteiger partial charge in [-0.15, -0.1) is 10.2 Å². The number of aryl methyl sites for hydroxylation is 1. The number of hydrogen-bond donors (Lipinski definition) is 2. The summed E-state index contributed by atoms with van der Waals surface area (Å²) in [6.45, 7) is 3.57. The summed E-state index contributed by atoms with van der Waals surface area (Å²) in [5, 5.41) is 19.8. The molecule has 2 heterocycles. The van der Waals surface area contributed by atoms with Crippen LogP contribution in [0.1, 0.15) is 12.2 Å². The van der Waals surface area contributed by atoms with Crippen LogP contribution in [0.4, 0.5) is 5.82 Å². The van der Waals surface area contributed by atoms with Gasteiger partial charge in [0.1, 0.15) is 11.7 Å².